The molecule has 1 amide bonds. The van der Waals surface area contributed by atoms with Crippen molar-refractivity contribution in [2.45, 2.75) is 37.2 Å². The minimum atomic E-state index is -0.0687. The Bertz CT molecular complexity index is 1190. The lowest BCUT2D eigenvalue weighted by atomic mass is 10.0. The predicted molar refractivity (Wildman–Crippen MR) is 115 cm³/mol. The van der Waals surface area contributed by atoms with Gasteiger partial charge in [-0.15, -0.1) is 0 Å². The molecule has 0 aliphatic carbocycles. The number of fused-ring (bicyclic) bond motifs is 1. The Morgan fingerprint density at radius 1 is 1.07 bits per heavy atom. The second-order valence-corrected chi connectivity index (χ2v) is 8.02. The number of carbonyl (C=O) groups excluding carboxylic acids is 1. The van der Waals surface area contributed by atoms with Gasteiger partial charge >= 0.3 is 0 Å². The summed E-state index contributed by atoms with van der Waals surface area (Å²) in [6.07, 6.45) is 5.39. The van der Waals surface area contributed by atoms with Crippen molar-refractivity contribution in [1.82, 2.24) is 9.97 Å². The number of rotatable bonds is 5. The number of hydrogen-bond acceptors (Lipinski definition) is 5. The van der Waals surface area contributed by atoms with Crippen molar-refractivity contribution in [2.24, 2.45) is 0 Å². The van der Waals surface area contributed by atoms with Crippen LogP contribution in [0.1, 0.15) is 22.3 Å². The maximum absolute atomic E-state index is 12.6. The van der Waals surface area contributed by atoms with Crippen molar-refractivity contribution in [2.75, 3.05) is 5.32 Å². The van der Waals surface area contributed by atoms with Crippen LogP contribution in [0.15, 0.2) is 69.5 Å². The first kappa shape index (κ1) is 19.2. The highest BCUT2D eigenvalue weighted by atomic mass is 32.2. The van der Waals surface area contributed by atoms with Crippen molar-refractivity contribution in [1.29, 1.82) is 0 Å². The second kappa shape index (κ2) is 8.09. The molecule has 0 atom stereocenters. The summed E-state index contributed by atoms with van der Waals surface area (Å²) in [5, 5.41) is 4.70. The molecule has 0 unspecified atom stereocenters. The largest absolute Gasteiger partial charge is 0.464 e. The number of hydrogen-bond donors (Lipinski definition) is 1. The number of aromatic nitrogens is 2. The maximum Gasteiger partial charge on any atom is 0.228 e. The highest BCUT2D eigenvalue weighted by Gasteiger charge is 2.14. The SMILES string of the molecule is Cc1cc(Sc2ncccn2)ccc1NC(=O)Cc1coc2c(C)c(C)ccc12. The molecule has 2 aromatic carbocycles. The van der Waals surface area contributed by atoms with Gasteiger partial charge in [0, 0.05) is 33.9 Å². The lowest BCUT2D eigenvalue weighted by Gasteiger charge is -2.10. The summed E-state index contributed by atoms with van der Waals surface area (Å²) in [6, 6.07) is 11.8. The Morgan fingerprint density at radius 3 is 2.62 bits per heavy atom. The highest BCUT2D eigenvalue weighted by Crippen LogP contribution is 2.29. The molecule has 0 saturated carbocycles. The third kappa shape index (κ3) is 4.17. The minimum absolute atomic E-state index is 0.0687. The summed E-state index contributed by atoms with van der Waals surface area (Å²) >= 11 is 1.49. The molecule has 2 heterocycles. The summed E-state index contributed by atoms with van der Waals surface area (Å²) < 4.78 is 5.71. The summed E-state index contributed by atoms with van der Waals surface area (Å²) in [6.45, 7) is 6.07. The molecular formula is C23H21N3O2S. The van der Waals surface area contributed by atoms with E-state index in [1.807, 2.05) is 38.1 Å². The monoisotopic (exact) mass is 403 g/mol. The standard InChI is InChI=1S/C23H21N3O2S/c1-14-5-7-19-17(13-28-22(19)16(14)3)12-21(27)26-20-8-6-18(11-15(20)2)29-23-24-9-4-10-25-23/h4-11,13H,12H2,1-3H3,(H,26,27). The number of furan rings is 1. The molecule has 29 heavy (non-hydrogen) atoms. The van der Waals surface area contributed by atoms with Crippen LogP contribution in [-0.4, -0.2) is 15.9 Å². The van der Waals surface area contributed by atoms with E-state index in [0.29, 0.717) is 5.16 Å². The van der Waals surface area contributed by atoms with Crippen LogP contribution in [0.4, 0.5) is 5.69 Å². The highest BCUT2D eigenvalue weighted by molar-refractivity contribution is 7.99. The van der Waals surface area contributed by atoms with Gasteiger partial charge in [-0.1, -0.05) is 12.1 Å². The molecule has 0 aliphatic rings. The molecule has 4 aromatic rings. The molecule has 0 radical (unpaired) electrons. The van der Waals surface area contributed by atoms with Gasteiger partial charge in [-0.05, 0) is 73.5 Å². The van der Waals surface area contributed by atoms with Crippen molar-refractivity contribution in [3.63, 3.8) is 0 Å². The Hall–Kier alpha value is -3.12. The van der Waals surface area contributed by atoms with Crippen LogP contribution < -0.4 is 5.32 Å². The number of anilines is 1. The Balaban J connectivity index is 1.47. The van der Waals surface area contributed by atoms with Crippen molar-refractivity contribution in [3.05, 3.63) is 77.3 Å². The Morgan fingerprint density at radius 2 is 1.86 bits per heavy atom. The van der Waals surface area contributed by atoms with Crippen LogP contribution in [-0.2, 0) is 11.2 Å². The molecule has 0 spiro atoms. The van der Waals surface area contributed by atoms with Gasteiger partial charge in [0.1, 0.15) is 5.58 Å². The van der Waals surface area contributed by atoms with E-state index in [0.717, 1.165) is 38.2 Å². The summed E-state index contributed by atoms with van der Waals surface area (Å²) in [5.74, 6) is -0.0687. The first-order chi connectivity index (χ1) is 14.0. The summed E-state index contributed by atoms with van der Waals surface area (Å²) in [5.41, 5.74) is 5.83. The Kier molecular flexibility index (Phi) is 5.36. The minimum Gasteiger partial charge on any atom is -0.464 e. The maximum atomic E-state index is 12.6. The molecular weight excluding hydrogens is 382 g/mol. The number of benzene rings is 2. The van der Waals surface area contributed by atoms with Gasteiger partial charge in [0.25, 0.3) is 0 Å². The normalized spacial score (nSPS) is 11.0. The average Bonchev–Trinajstić information content (AvgIpc) is 3.11. The van der Waals surface area contributed by atoms with E-state index in [2.05, 4.69) is 28.3 Å². The van der Waals surface area contributed by atoms with Crippen LogP contribution >= 0.6 is 11.8 Å². The van der Waals surface area contributed by atoms with E-state index >= 15 is 0 Å². The average molecular weight is 404 g/mol. The molecule has 1 N–H and O–H groups in total. The van der Waals surface area contributed by atoms with E-state index < -0.39 is 0 Å². The zero-order chi connectivity index (χ0) is 20.4. The van der Waals surface area contributed by atoms with E-state index in [1.54, 1.807) is 24.7 Å². The predicted octanol–water partition coefficient (Wildman–Crippen LogP) is 5.48. The lowest BCUT2D eigenvalue weighted by molar-refractivity contribution is -0.115. The smallest absolute Gasteiger partial charge is 0.228 e. The van der Waals surface area contributed by atoms with Crippen molar-refractivity contribution in [3.8, 4) is 0 Å². The van der Waals surface area contributed by atoms with E-state index in [1.165, 1.54) is 17.3 Å². The van der Waals surface area contributed by atoms with Gasteiger partial charge in [0.2, 0.25) is 5.91 Å². The van der Waals surface area contributed by atoms with Crippen LogP contribution in [0.2, 0.25) is 0 Å². The van der Waals surface area contributed by atoms with Gasteiger partial charge in [-0.3, -0.25) is 4.79 Å². The fraction of sp³-hybridized carbons (Fsp3) is 0.174. The van der Waals surface area contributed by atoms with E-state index in [-0.39, 0.29) is 12.3 Å². The second-order valence-electron chi connectivity index (χ2n) is 6.98. The van der Waals surface area contributed by atoms with Crippen molar-refractivity contribution < 1.29 is 9.21 Å². The van der Waals surface area contributed by atoms with Crippen LogP contribution in [0.3, 0.4) is 0 Å². The first-order valence-corrected chi connectivity index (χ1v) is 10.1. The lowest BCUT2D eigenvalue weighted by Crippen LogP contribution is -2.15. The van der Waals surface area contributed by atoms with Gasteiger partial charge in [-0.2, -0.15) is 0 Å². The fourth-order valence-electron chi connectivity index (χ4n) is 3.18. The van der Waals surface area contributed by atoms with E-state index in [4.69, 9.17) is 4.42 Å². The molecule has 2 aromatic heterocycles. The van der Waals surface area contributed by atoms with Crippen LogP contribution in [0.5, 0.6) is 0 Å². The van der Waals surface area contributed by atoms with Crippen LogP contribution in [0, 0.1) is 20.8 Å². The number of aryl methyl sites for hydroxylation is 3. The Labute approximate surface area is 173 Å². The molecule has 0 fully saturated rings. The van der Waals surface area contributed by atoms with Crippen molar-refractivity contribution >= 4 is 34.3 Å². The van der Waals surface area contributed by atoms with Gasteiger partial charge < -0.3 is 9.73 Å². The topological polar surface area (TPSA) is 68.0 Å². The molecule has 0 bridgehead atoms. The van der Waals surface area contributed by atoms with Gasteiger partial charge in [0.05, 0.1) is 12.7 Å². The number of carbonyl (C=O) groups is 1. The van der Waals surface area contributed by atoms with Crippen LogP contribution in [0.25, 0.3) is 11.0 Å². The van der Waals surface area contributed by atoms with Gasteiger partial charge in [-0.25, -0.2) is 9.97 Å². The molecule has 4 rings (SSSR count). The molecule has 0 aliphatic heterocycles. The first-order valence-electron chi connectivity index (χ1n) is 9.33. The van der Waals surface area contributed by atoms with Gasteiger partial charge in [0.15, 0.2) is 5.16 Å². The summed E-state index contributed by atoms with van der Waals surface area (Å²) in [4.78, 5) is 22.1. The zero-order valence-electron chi connectivity index (χ0n) is 16.5. The molecule has 6 heteroatoms. The third-order valence-electron chi connectivity index (χ3n) is 4.92. The quantitative estimate of drug-likeness (QED) is 0.447. The zero-order valence-corrected chi connectivity index (χ0v) is 17.3. The molecule has 146 valence electrons. The third-order valence-corrected chi connectivity index (χ3v) is 5.80. The van der Waals surface area contributed by atoms with E-state index in [9.17, 15) is 4.79 Å². The molecule has 5 nitrogen and oxygen atoms in total. The molecule has 0 saturated heterocycles. The number of nitrogens with one attached hydrogen (secondary N) is 1. The summed E-state index contributed by atoms with van der Waals surface area (Å²) in [7, 11) is 0. The fourth-order valence-corrected chi connectivity index (χ4v) is 3.99. The number of nitrogens with zero attached hydrogens (tertiary/aromatic N) is 2. The number of amides is 1.